The number of anilines is 1. The summed E-state index contributed by atoms with van der Waals surface area (Å²) in [4.78, 5) is 22.7. The molecule has 1 fully saturated rings. The van der Waals surface area contributed by atoms with Gasteiger partial charge in [0.1, 0.15) is 5.54 Å². The first-order valence-corrected chi connectivity index (χ1v) is 7.13. The Labute approximate surface area is 120 Å². The van der Waals surface area contributed by atoms with E-state index in [1.807, 2.05) is 31.1 Å². The quantitative estimate of drug-likeness (QED) is 0.775. The summed E-state index contributed by atoms with van der Waals surface area (Å²) in [5.74, 6) is 0.630. The summed E-state index contributed by atoms with van der Waals surface area (Å²) >= 11 is 0. The van der Waals surface area contributed by atoms with Crippen LogP contribution < -0.4 is 15.5 Å². The predicted octanol–water partition coefficient (Wildman–Crippen LogP) is 0.691. The van der Waals surface area contributed by atoms with Gasteiger partial charge in [0.2, 0.25) is 11.9 Å². The van der Waals surface area contributed by atoms with E-state index in [1.165, 1.54) is 0 Å². The van der Waals surface area contributed by atoms with E-state index >= 15 is 0 Å². The van der Waals surface area contributed by atoms with Gasteiger partial charge in [-0.25, -0.2) is 9.97 Å². The fraction of sp³-hybridized carbons (Fsp3) is 0.643. The molecule has 2 N–H and O–H groups in total. The van der Waals surface area contributed by atoms with Crippen LogP contribution in [-0.2, 0) is 11.3 Å². The SMILES string of the molecule is CCCNCc1cnc(N2CCNC(=O)C2(C)C)nc1. The van der Waals surface area contributed by atoms with Crippen molar-refractivity contribution >= 4 is 11.9 Å². The van der Waals surface area contributed by atoms with Crippen molar-refractivity contribution < 1.29 is 4.79 Å². The summed E-state index contributed by atoms with van der Waals surface area (Å²) < 4.78 is 0. The minimum atomic E-state index is -0.611. The van der Waals surface area contributed by atoms with Gasteiger partial charge in [0.05, 0.1) is 0 Å². The molecule has 20 heavy (non-hydrogen) atoms. The van der Waals surface area contributed by atoms with Gasteiger partial charge in [-0.1, -0.05) is 6.92 Å². The smallest absolute Gasteiger partial charge is 0.245 e. The lowest BCUT2D eigenvalue weighted by Crippen LogP contribution is -2.62. The van der Waals surface area contributed by atoms with Crippen molar-refractivity contribution in [3.8, 4) is 0 Å². The Balaban J connectivity index is 2.07. The molecule has 0 atom stereocenters. The Morgan fingerprint density at radius 3 is 2.75 bits per heavy atom. The lowest BCUT2D eigenvalue weighted by atomic mass is 9.99. The Bertz CT molecular complexity index is 457. The Kier molecular flexibility index (Phi) is 4.54. The van der Waals surface area contributed by atoms with Gasteiger partial charge in [0, 0.05) is 37.6 Å². The normalized spacial score (nSPS) is 17.9. The second-order valence-electron chi connectivity index (χ2n) is 5.53. The number of amides is 1. The highest BCUT2D eigenvalue weighted by Crippen LogP contribution is 2.22. The Hall–Kier alpha value is -1.69. The van der Waals surface area contributed by atoms with Gasteiger partial charge in [-0.15, -0.1) is 0 Å². The molecule has 2 heterocycles. The number of hydrogen-bond acceptors (Lipinski definition) is 5. The molecule has 1 saturated heterocycles. The maximum atomic E-state index is 11.9. The number of hydrogen-bond donors (Lipinski definition) is 2. The van der Waals surface area contributed by atoms with Crippen LogP contribution in [0.1, 0.15) is 32.8 Å². The van der Waals surface area contributed by atoms with Crippen LogP contribution in [0.15, 0.2) is 12.4 Å². The highest BCUT2D eigenvalue weighted by Gasteiger charge is 2.38. The zero-order valence-corrected chi connectivity index (χ0v) is 12.4. The molecule has 0 aromatic carbocycles. The zero-order chi connectivity index (χ0) is 14.6. The van der Waals surface area contributed by atoms with Crippen LogP contribution in [0.25, 0.3) is 0 Å². The molecular formula is C14H23N5O. The Morgan fingerprint density at radius 2 is 2.10 bits per heavy atom. The fourth-order valence-electron chi connectivity index (χ4n) is 2.24. The molecule has 110 valence electrons. The monoisotopic (exact) mass is 277 g/mol. The van der Waals surface area contributed by atoms with E-state index in [-0.39, 0.29) is 5.91 Å². The number of nitrogens with one attached hydrogen (secondary N) is 2. The number of carbonyl (C=O) groups excluding carboxylic acids is 1. The highest BCUT2D eigenvalue weighted by molar-refractivity contribution is 5.89. The largest absolute Gasteiger partial charge is 0.352 e. The summed E-state index contributed by atoms with van der Waals surface area (Å²) in [6.45, 7) is 9.04. The first-order valence-electron chi connectivity index (χ1n) is 7.13. The molecule has 1 aliphatic heterocycles. The van der Waals surface area contributed by atoms with Crippen LogP contribution in [0.3, 0.4) is 0 Å². The van der Waals surface area contributed by atoms with Crippen LogP contribution in [0.5, 0.6) is 0 Å². The van der Waals surface area contributed by atoms with E-state index in [9.17, 15) is 4.79 Å². The van der Waals surface area contributed by atoms with E-state index in [1.54, 1.807) is 0 Å². The molecule has 6 heteroatoms. The zero-order valence-electron chi connectivity index (χ0n) is 12.4. The van der Waals surface area contributed by atoms with Gasteiger partial charge in [-0.05, 0) is 26.8 Å². The first-order chi connectivity index (χ1) is 9.55. The lowest BCUT2D eigenvalue weighted by molar-refractivity contribution is -0.126. The van der Waals surface area contributed by atoms with E-state index < -0.39 is 5.54 Å². The predicted molar refractivity (Wildman–Crippen MR) is 78.5 cm³/mol. The molecule has 0 saturated carbocycles. The molecule has 1 aromatic heterocycles. The van der Waals surface area contributed by atoms with E-state index in [2.05, 4.69) is 27.5 Å². The third-order valence-corrected chi connectivity index (χ3v) is 3.54. The van der Waals surface area contributed by atoms with Crippen molar-refractivity contribution in [2.75, 3.05) is 24.5 Å². The Morgan fingerprint density at radius 1 is 1.40 bits per heavy atom. The minimum absolute atomic E-state index is 0.0149. The van der Waals surface area contributed by atoms with Crippen LogP contribution in [0.2, 0.25) is 0 Å². The van der Waals surface area contributed by atoms with Gasteiger partial charge in [0.25, 0.3) is 0 Å². The summed E-state index contributed by atoms with van der Waals surface area (Å²) in [5, 5.41) is 6.19. The summed E-state index contributed by atoms with van der Waals surface area (Å²) in [6, 6.07) is 0. The van der Waals surface area contributed by atoms with Crippen molar-refractivity contribution in [2.24, 2.45) is 0 Å². The van der Waals surface area contributed by atoms with Crippen molar-refractivity contribution in [1.82, 2.24) is 20.6 Å². The number of piperazine rings is 1. The standard InChI is InChI=1S/C14H23N5O/c1-4-5-15-8-11-9-17-13(18-10-11)19-7-6-16-12(20)14(19,2)3/h9-10,15H,4-8H2,1-3H3,(H,16,20). The second-order valence-corrected chi connectivity index (χ2v) is 5.53. The van der Waals surface area contributed by atoms with E-state index in [4.69, 9.17) is 0 Å². The average molecular weight is 277 g/mol. The van der Waals surface area contributed by atoms with Crippen molar-refractivity contribution in [2.45, 2.75) is 39.3 Å². The third-order valence-electron chi connectivity index (χ3n) is 3.54. The summed E-state index contributed by atoms with van der Waals surface area (Å²) in [7, 11) is 0. The van der Waals surface area contributed by atoms with Gasteiger partial charge in [0.15, 0.2) is 0 Å². The topological polar surface area (TPSA) is 70.2 Å². The van der Waals surface area contributed by atoms with Gasteiger partial charge < -0.3 is 15.5 Å². The van der Waals surface area contributed by atoms with Crippen LogP contribution >= 0.6 is 0 Å². The maximum Gasteiger partial charge on any atom is 0.245 e. The molecule has 0 bridgehead atoms. The molecule has 1 aliphatic rings. The minimum Gasteiger partial charge on any atom is -0.352 e. The lowest BCUT2D eigenvalue weighted by Gasteiger charge is -2.41. The molecule has 0 radical (unpaired) electrons. The van der Waals surface area contributed by atoms with Crippen molar-refractivity contribution in [1.29, 1.82) is 0 Å². The first kappa shape index (κ1) is 14.7. The third kappa shape index (κ3) is 3.07. The highest BCUT2D eigenvalue weighted by atomic mass is 16.2. The fourth-order valence-corrected chi connectivity index (χ4v) is 2.24. The average Bonchev–Trinajstić information content (AvgIpc) is 2.43. The van der Waals surface area contributed by atoms with Gasteiger partial charge >= 0.3 is 0 Å². The molecule has 0 aliphatic carbocycles. The number of rotatable bonds is 5. The molecular weight excluding hydrogens is 254 g/mol. The van der Waals surface area contributed by atoms with Crippen LogP contribution in [-0.4, -0.2) is 41.0 Å². The number of aromatic nitrogens is 2. The molecule has 0 spiro atoms. The van der Waals surface area contributed by atoms with Crippen LogP contribution in [0.4, 0.5) is 5.95 Å². The van der Waals surface area contributed by atoms with Crippen molar-refractivity contribution in [3.05, 3.63) is 18.0 Å². The molecule has 0 unspecified atom stereocenters. The molecule has 1 amide bonds. The number of carbonyl (C=O) groups is 1. The summed E-state index contributed by atoms with van der Waals surface area (Å²) in [6.07, 6.45) is 4.76. The van der Waals surface area contributed by atoms with Crippen LogP contribution in [0, 0.1) is 0 Å². The maximum absolute atomic E-state index is 11.9. The summed E-state index contributed by atoms with van der Waals surface area (Å²) in [5.41, 5.74) is 0.446. The van der Waals surface area contributed by atoms with Gasteiger partial charge in [-0.2, -0.15) is 0 Å². The second kappa shape index (κ2) is 6.17. The van der Waals surface area contributed by atoms with Crippen molar-refractivity contribution in [3.63, 3.8) is 0 Å². The molecule has 2 rings (SSSR count). The number of nitrogens with zero attached hydrogens (tertiary/aromatic N) is 3. The van der Waals surface area contributed by atoms with E-state index in [0.29, 0.717) is 12.5 Å². The van der Waals surface area contributed by atoms with Gasteiger partial charge in [-0.3, -0.25) is 4.79 Å². The van der Waals surface area contributed by atoms with E-state index in [0.717, 1.165) is 31.6 Å². The molecule has 1 aromatic rings. The molecule has 6 nitrogen and oxygen atoms in total.